The van der Waals surface area contributed by atoms with E-state index < -0.39 is 0 Å². The molecule has 0 bridgehead atoms. The predicted octanol–water partition coefficient (Wildman–Crippen LogP) is 4.85. The molecule has 0 aliphatic carbocycles. The van der Waals surface area contributed by atoms with Crippen LogP contribution >= 0.6 is 11.8 Å². The SMILES string of the molecule is N=C(SCC/C=C/c1ccccc1)c1ccccc1. The molecule has 2 aromatic rings. The smallest absolute Gasteiger partial charge is 0.0942 e. The number of rotatable bonds is 5. The highest BCUT2D eigenvalue weighted by molar-refractivity contribution is 8.14. The van der Waals surface area contributed by atoms with Crippen molar-refractivity contribution >= 4 is 22.9 Å². The summed E-state index contributed by atoms with van der Waals surface area (Å²) in [5, 5.41) is 8.62. The fraction of sp³-hybridized carbons (Fsp3) is 0.118. The Bertz CT molecular complexity index is 532. The molecule has 2 rings (SSSR count). The second-order valence-corrected chi connectivity index (χ2v) is 5.25. The lowest BCUT2D eigenvalue weighted by atomic mass is 10.2. The number of hydrogen-bond acceptors (Lipinski definition) is 2. The third-order valence-electron chi connectivity index (χ3n) is 2.68. The van der Waals surface area contributed by atoms with Crippen LogP contribution in [0.5, 0.6) is 0 Å². The number of thioether (sulfide) groups is 1. The first-order chi connectivity index (χ1) is 9.36. The van der Waals surface area contributed by atoms with Gasteiger partial charge in [0, 0.05) is 11.3 Å². The van der Waals surface area contributed by atoms with E-state index in [4.69, 9.17) is 5.41 Å². The maximum atomic E-state index is 7.97. The van der Waals surface area contributed by atoms with Gasteiger partial charge in [-0.2, -0.15) is 0 Å². The summed E-state index contributed by atoms with van der Waals surface area (Å²) in [6.07, 6.45) is 5.28. The monoisotopic (exact) mass is 267 g/mol. The van der Waals surface area contributed by atoms with E-state index in [1.54, 1.807) is 11.8 Å². The summed E-state index contributed by atoms with van der Waals surface area (Å²) in [4.78, 5) is 0. The van der Waals surface area contributed by atoms with Crippen LogP contribution in [0.15, 0.2) is 66.7 Å². The van der Waals surface area contributed by atoms with Crippen molar-refractivity contribution in [1.82, 2.24) is 0 Å². The Morgan fingerprint density at radius 2 is 1.58 bits per heavy atom. The lowest BCUT2D eigenvalue weighted by Crippen LogP contribution is -1.93. The standard InChI is InChI=1S/C17H17NS/c18-17(16-12-5-2-6-13-16)19-14-8-7-11-15-9-3-1-4-10-15/h1-7,9-13,18H,8,14H2/b11-7+,18-17?. The molecule has 0 saturated heterocycles. The van der Waals surface area contributed by atoms with Gasteiger partial charge in [0.2, 0.25) is 0 Å². The maximum absolute atomic E-state index is 7.97. The number of allylic oxidation sites excluding steroid dienone is 1. The number of nitrogens with one attached hydrogen (secondary N) is 1. The Morgan fingerprint density at radius 1 is 0.947 bits per heavy atom. The second kappa shape index (κ2) is 7.59. The first-order valence-electron chi connectivity index (χ1n) is 6.34. The Kier molecular flexibility index (Phi) is 5.45. The molecule has 0 aromatic heterocycles. The Morgan fingerprint density at radius 3 is 2.26 bits per heavy atom. The van der Waals surface area contributed by atoms with Gasteiger partial charge in [-0.1, -0.05) is 72.8 Å². The van der Waals surface area contributed by atoms with Crippen molar-refractivity contribution in [2.24, 2.45) is 0 Å². The molecule has 96 valence electrons. The first kappa shape index (κ1) is 13.6. The molecule has 0 saturated carbocycles. The minimum absolute atomic E-state index is 0.647. The van der Waals surface area contributed by atoms with Crippen LogP contribution in [0.4, 0.5) is 0 Å². The zero-order chi connectivity index (χ0) is 13.3. The molecular weight excluding hydrogens is 250 g/mol. The van der Waals surface area contributed by atoms with Gasteiger partial charge in [-0.25, -0.2) is 0 Å². The average molecular weight is 267 g/mol. The molecule has 0 aliphatic rings. The molecule has 0 spiro atoms. The molecule has 0 aliphatic heterocycles. The molecule has 0 amide bonds. The highest BCUT2D eigenvalue weighted by Gasteiger charge is 1.99. The largest absolute Gasteiger partial charge is 0.293 e. The van der Waals surface area contributed by atoms with Crippen LogP contribution in [0.1, 0.15) is 17.5 Å². The van der Waals surface area contributed by atoms with Crippen LogP contribution in [0, 0.1) is 5.41 Å². The molecule has 2 aromatic carbocycles. The van der Waals surface area contributed by atoms with Gasteiger partial charge in [-0.3, -0.25) is 5.41 Å². The van der Waals surface area contributed by atoms with Crippen LogP contribution in [0.2, 0.25) is 0 Å². The van der Waals surface area contributed by atoms with Crippen LogP contribution in [0.25, 0.3) is 6.08 Å². The van der Waals surface area contributed by atoms with Crippen molar-refractivity contribution in [3.63, 3.8) is 0 Å². The van der Waals surface area contributed by atoms with E-state index in [9.17, 15) is 0 Å². The molecule has 0 atom stereocenters. The molecule has 2 heteroatoms. The van der Waals surface area contributed by atoms with Crippen LogP contribution in [0.3, 0.4) is 0 Å². The van der Waals surface area contributed by atoms with Crippen molar-refractivity contribution in [2.45, 2.75) is 6.42 Å². The van der Waals surface area contributed by atoms with Crippen molar-refractivity contribution in [1.29, 1.82) is 5.41 Å². The Balaban J connectivity index is 1.73. The third kappa shape index (κ3) is 4.76. The van der Waals surface area contributed by atoms with Crippen LogP contribution in [-0.2, 0) is 0 Å². The van der Waals surface area contributed by atoms with E-state index in [0.717, 1.165) is 17.7 Å². The summed E-state index contributed by atoms with van der Waals surface area (Å²) in [6, 6.07) is 20.2. The van der Waals surface area contributed by atoms with E-state index in [2.05, 4.69) is 24.3 Å². The summed E-state index contributed by atoms with van der Waals surface area (Å²) < 4.78 is 0. The van der Waals surface area contributed by atoms with Crippen molar-refractivity contribution < 1.29 is 0 Å². The molecule has 0 fully saturated rings. The van der Waals surface area contributed by atoms with Crippen LogP contribution < -0.4 is 0 Å². The van der Waals surface area contributed by atoms with Gasteiger partial charge in [-0.15, -0.1) is 11.8 Å². The minimum atomic E-state index is 0.647. The summed E-state index contributed by atoms with van der Waals surface area (Å²) >= 11 is 1.60. The molecule has 19 heavy (non-hydrogen) atoms. The zero-order valence-corrected chi connectivity index (χ0v) is 11.6. The van der Waals surface area contributed by atoms with Gasteiger partial charge in [0.25, 0.3) is 0 Å². The Labute approximate surface area is 118 Å². The van der Waals surface area contributed by atoms with Gasteiger partial charge in [0.1, 0.15) is 0 Å². The highest BCUT2D eigenvalue weighted by atomic mass is 32.2. The maximum Gasteiger partial charge on any atom is 0.0942 e. The van der Waals surface area contributed by atoms with Gasteiger partial charge in [0.15, 0.2) is 0 Å². The van der Waals surface area contributed by atoms with Crippen molar-refractivity contribution in [3.8, 4) is 0 Å². The molecular formula is C17H17NS. The minimum Gasteiger partial charge on any atom is -0.293 e. The van der Waals surface area contributed by atoms with Gasteiger partial charge in [-0.05, 0) is 12.0 Å². The molecule has 0 radical (unpaired) electrons. The van der Waals surface area contributed by atoms with E-state index in [1.165, 1.54) is 5.56 Å². The third-order valence-corrected chi connectivity index (χ3v) is 3.64. The average Bonchev–Trinajstić information content (AvgIpc) is 2.49. The van der Waals surface area contributed by atoms with E-state index >= 15 is 0 Å². The van der Waals surface area contributed by atoms with Gasteiger partial charge >= 0.3 is 0 Å². The number of benzene rings is 2. The highest BCUT2D eigenvalue weighted by Crippen LogP contribution is 2.13. The van der Waals surface area contributed by atoms with Crippen LogP contribution in [-0.4, -0.2) is 10.8 Å². The lowest BCUT2D eigenvalue weighted by Gasteiger charge is -2.01. The number of hydrogen-bond donors (Lipinski definition) is 1. The fourth-order valence-corrected chi connectivity index (χ4v) is 2.45. The Hall–Kier alpha value is -1.80. The van der Waals surface area contributed by atoms with Gasteiger partial charge in [0.05, 0.1) is 5.04 Å². The van der Waals surface area contributed by atoms with Crippen molar-refractivity contribution in [3.05, 3.63) is 77.9 Å². The quantitative estimate of drug-likeness (QED) is 0.467. The summed E-state index contributed by atoms with van der Waals surface area (Å²) in [6.45, 7) is 0. The summed E-state index contributed by atoms with van der Waals surface area (Å²) in [7, 11) is 0. The topological polar surface area (TPSA) is 23.9 Å². The molecule has 0 heterocycles. The zero-order valence-electron chi connectivity index (χ0n) is 10.8. The molecule has 0 unspecified atom stereocenters. The fourth-order valence-electron chi connectivity index (χ4n) is 1.69. The van der Waals surface area contributed by atoms with Gasteiger partial charge < -0.3 is 0 Å². The summed E-state index contributed by atoms with van der Waals surface area (Å²) in [5.41, 5.74) is 2.23. The van der Waals surface area contributed by atoms with E-state index in [-0.39, 0.29) is 0 Å². The molecule has 1 N–H and O–H groups in total. The predicted molar refractivity (Wildman–Crippen MR) is 85.8 cm³/mol. The molecule has 1 nitrogen and oxygen atoms in total. The first-order valence-corrected chi connectivity index (χ1v) is 7.33. The van der Waals surface area contributed by atoms with E-state index in [1.807, 2.05) is 48.5 Å². The normalized spacial score (nSPS) is 10.7. The lowest BCUT2D eigenvalue weighted by molar-refractivity contribution is 1.26. The second-order valence-electron chi connectivity index (χ2n) is 4.15. The van der Waals surface area contributed by atoms with E-state index in [0.29, 0.717) is 5.04 Å². The van der Waals surface area contributed by atoms with Crippen molar-refractivity contribution in [2.75, 3.05) is 5.75 Å². The summed E-state index contributed by atoms with van der Waals surface area (Å²) in [5.74, 6) is 0.942.